The van der Waals surface area contributed by atoms with Gasteiger partial charge in [0.1, 0.15) is 5.76 Å². The first-order valence-electron chi connectivity index (χ1n) is 6.36. The first kappa shape index (κ1) is 15.2. The van der Waals surface area contributed by atoms with Crippen LogP contribution < -0.4 is 16.4 Å². The molecule has 1 aromatic carbocycles. The fourth-order valence-electron chi connectivity index (χ4n) is 1.59. The third kappa shape index (κ3) is 3.88. The second-order valence-corrected chi connectivity index (χ2v) is 6.05. The van der Waals surface area contributed by atoms with Crippen LogP contribution in [0.1, 0.15) is 26.5 Å². The zero-order chi connectivity index (χ0) is 15.6. The Morgan fingerprint density at radius 3 is 2.57 bits per heavy atom. The average molecular weight is 309 g/mol. The molecule has 0 saturated carbocycles. The molecule has 0 spiro atoms. The van der Waals surface area contributed by atoms with E-state index in [1.807, 2.05) is 20.8 Å². The Morgan fingerprint density at radius 2 is 2.00 bits per heavy atom. The molecule has 112 valence electrons. The highest BCUT2D eigenvalue weighted by molar-refractivity contribution is 6.34. The van der Waals surface area contributed by atoms with E-state index in [2.05, 4.69) is 15.8 Å². The normalized spacial score (nSPS) is 11.2. The van der Waals surface area contributed by atoms with Crippen molar-refractivity contribution in [1.82, 2.24) is 5.16 Å². The van der Waals surface area contributed by atoms with Crippen LogP contribution in [0, 0.1) is 0 Å². The third-order valence-electron chi connectivity index (χ3n) is 2.73. The molecule has 0 saturated heterocycles. The van der Waals surface area contributed by atoms with E-state index in [1.165, 1.54) is 0 Å². The van der Waals surface area contributed by atoms with Gasteiger partial charge < -0.3 is 15.6 Å². The summed E-state index contributed by atoms with van der Waals surface area (Å²) in [4.78, 5) is 11.9. The predicted octanol–water partition coefficient (Wildman–Crippen LogP) is 3.85. The van der Waals surface area contributed by atoms with Crippen molar-refractivity contribution >= 4 is 34.8 Å². The monoisotopic (exact) mass is 308 g/mol. The van der Waals surface area contributed by atoms with Crippen molar-refractivity contribution in [3.8, 4) is 0 Å². The van der Waals surface area contributed by atoms with Gasteiger partial charge >= 0.3 is 6.03 Å². The number of hydrogen-bond acceptors (Lipinski definition) is 4. The molecule has 2 amide bonds. The molecular weight excluding hydrogens is 292 g/mol. The number of hydrogen-bond donors (Lipinski definition) is 3. The van der Waals surface area contributed by atoms with Crippen LogP contribution >= 0.6 is 11.6 Å². The number of nitrogens with two attached hydrogens (primary N) is 1. The van der Waals surface area contributed by atoms with Gasteiger partial charge in [0.15, 0.2) is 5.82 Å². The summed E-state index contributed by atoms with van der Waals surface area (Å²) in [6, 6.07) is 6.06. The number of nitrogens with one attached hydrogen (secondary N) is 2. The summed E-state index contributed by atoms with van der Waals surface area (Å²) < 4.78 is 5.18. The van der Waals surface area contributed by atoms with Crippen LogP contribution in [0.3, 0.4) is 0 Å². The van der Waals surface area contributed by atoms with Gasteiger partial charge in [0.05, 0.1) is 10.7 Å². The molecule has 0 unspecified atom stereocenters. The lowest BCUT2D eigenvalue weighted by Gasteiger charge is -2.12. The van der Waals surface area contributed by atoms with Gasteiger partial charge in [0.25, 0.3) is 0 Å². The maximum absolute atomic E-state index is 11.9. The van der Waals surface area contributed by atoms with Gasteiger partial charge in [-0.1, -0.05) is 37.5 Å². The number of carbonyl (C=O) groups excluding carboxylic acids is 1. The van der Waals surface area contributed by atoms with Crippen LogP contribution in [0.25, 0.3) is 0 Å². The fourth-order valence-corrected chi connectivity index (χ4v) is 1.83. The molecule has 6 nitrogen and oxygen atoms in total. The predicted molar refractivity (Wildman–Crippen MR) is 83.7 cm³/mol. The lowest BCUT2D eigenvalue weighted by Crippen LogP contribution is -2.19. The summed E-state index contributed by atoms with van der Waals surface area (Å²) in [5.41, 5.74) is 6.40. The summed E-state index contributed by atoms with van der Waals surface area (Å²) in [5, 5.41) is 9.36. The van der Waals surface area contributed by atoms with Crippen LogP contribution in [0.2, 0.25) is 5.02 Å². The second kappa shape index (κ2) is 5.65. The Bertz CT molecular complexity index is 661. The lowest BCUT2D eigenvalue weighted by atomic mass is 9.93. The maximum Gasteiger partial charge on any atom is 0.324 e. The van der Waals surface area contributed by atoms with E-state index in [9.17, 15) is 4.79 Å². The lowest BCUT2D eigenvalue weighted by molar-refractivity contribution is 0.262. The highest BCUT2D eigenvalue weighted by atomic mass is 35.5. The first-order valence-corrected chi connectivity index (χ1v) is 6.74. The molecular formula is C14H17ClN4O2. The summed E-state index contributed by atoms with van der Waals surface area (Å²) in [6.07, 6.45) is 0. The molecule has 0 aliphatic heterocycles. The molecule has 1 aromatic heterocycles. The van der Waals surface area contributed by atoms with Crippen molar-refractivity contribution in [2.24, 2.45) is 0 Å². The molecule has 0 fully saturated rings. The van der Waals surface area contributed by atoms with Gasteiger partial charge in [-0.3, -0.25) is 5.32 Å². The van der Waals surface area contributed by atoms with Gasteiger partial charge in [-0.05, 0) is 18.2 Å². The molecule has 0 atom stereocenters. The van der Waals surface area contributed by atoms with E-state index in [-0.39, 0.29) is 5.41 Å². The van der Waals surface area contributed by atoms with E-state index in [1.54, 1.807) is 24.3 Å². The number of halogens is 1. The minimum Gasteiger partial charge on any atom is -0.399 e. The van der Waals surface area contributed by atoms with Gasteiger partial charge in [-0.25, -0.2) is 4.79 Å². The molecule has 0 aliphatic carbocycles. The van der Waals surface area contributed by atoms with Crippen molar-refractivity contribution in [2.75, 3.05) is 16.4 Å². The van der Waals surface area contributed by atoms with Gasteiger partial charge in [0.2, 0.25) is 0 Å². The highest BCUT2D eigenvalue weighted by Crippen LogP contribution is 2.26. The van der Waals surface area contributed by atoms with Gasteiger partial charge in [0, 0.05) is 17.2 Å². The number of anilines is 3. The number of urea groups is 1. The largest absolute Gasteiger partial charge is 0.399 e. The molecule has 7 heteroatoms. The van der Waals surface area contributed by atoms with E-state index in [4.69, 9.17) is 21.9 Å². The van der Waals surface area contributed by atoms with Crippen molar-refractivity contribution in [3.05, 3.63) is 35.0 Å². The molecule has 2 rings (SSSR count). The third-order valence-corrected chi connectivity index (χ3v) is 3.05. The number of amides is 2. The smallest absolute Gasteiger partial charge is 0.324 e. The SMILES string of the molecule is CC(C)(C)c1cc(NC(=O)Nc2ccc(N)cc2Cl)no1. The number of nitrogens with zero attached hydrogens (tertiary/aromatic N) is 1. The van der Waals surface area contributed by atoms with E-state index >= 15 is 0 Å². The van der Waals surface area contributed by atoms with Crippen LogP contribution in [0.15, 0.2) is 28.8 Å². The average Bonchev–Trinajstić information content (AvgIpc) is 2.81. The zero-order valence-corrected chi connectivity index (χ0v) is 12.8. The molecule has 0 bridgehead atoms. The van der Waals surface area contributed by atoms with Crippen LogP contribution in [-0.4, -0.2) is 11.2 Å². The molecule has 0 aliphatic rings. The van der Waals surface area contributed by atoms with Gasteiger partial charge in [-0.2, -0.15) is 0 Å². The topological polar surface area (TPSA) is 93.2 Å². The van der Waals surface area contributed by atoms with Gasteiger partial charge in [-0.15, -0.1) is 0 Å². The van der Waals surface area contributed by atoms with Crippen molar-refractivity contribution < 1.29 is 9.32 Å². The Labute approximate surface area is 127 Å². The quantitative estimate of drug-likeness (QED) is 0.734. The number of aromatic nitrogens is 1. The van der Waals surface area contributed by atoms with E-state index < -0.39 is 6.03 Å². The van der Waals surface area contributed by atoms with Crippen LogP contribution in [0.4, 0.5) is 22.0 Å². The molecule has 21 heavy (non-hydrogen) atoms. The Balaban J connectivity index is 2.03. The van der Waals surface area contributed by atoms with Crippen LogP contribution in [0.5, 0.6) is 0 Å². The number of benzene rings is 1. The van der Waals surface area contributed by atoms with Crippen molar-refractivity contribution in [2.45, 2.75) is 26.2 Å². The fraction of sp³-hybridized carbons (Fsp3) is 0.286. The van der Waals surface area contributed by atoms with E-state index in [0.717, 1.165) is 0 Å². The maximum atomic E-state index is 11.9. The van der Waals surface area contributed by atoms with Crippen molar-refractivity contribution in [1.29, 1.82) is 0 Å². The summed E-state index contributed by atoms with van der Waals surface area (Å²) in [5.74, 6) is 1.02. The van der Waals surface area contributed by atoms with E-state index in [0.29, 0.717) is 28.0 Å². The Kier molecular flexibility index (Phi) is 4.09. The van der Waals surface area contributed by atoms with Crippen LogP contribution in [-0.2, 0) is 5.41 Å². The molecule has 0 radical (unpaired) electrons. The number of carbonyl (C=O) groups is 1. The summed E-state index contributed by atoms with van der Waals surface area (Å²) in [7, 11) is 0. The minimum absolute atomic E-state index is 0.177. The number of nitrogen functional groups attached to an aromatic ring is 1. The number of rotatable bonds is 2. The first-order chi connectivity index (χ1) is 9.75. The molecule has 2 aromatic rings. The summed E-state index contributed by atoms with van der Waals surface area (Å²) >= 11 is 5.98. The molecule has 4 N–H and O–H groups in total. The highest BCUT2D eigenvalue weighted by Gasteiger charge is 2.20. The summed E-state index contributed by atoms with van der Waals surface area (Å²) in [6.45, 7) is 5.97. The molecule has 1 heterocycles. The van der Waals surface area contributed by atoms with Crippen molar-refractivity contribution in [3.63, 3.8) is 0 Å². The second-order valence-electron chi connectivity index (χ2n) is 5.64. The standard InChI is InChI=1S/C14H17ClN4O2/c1-14(2,3)11-7-12(19-21-11)18-13(20)17-10-5-4-8(16)6-9(10)15/h4-7H,16H2,1-3H3,(H2,17,18,19,20). The minimum atomic E-state index is -0.463. The Hall–Kier alpha value is -2.21. The Morgan fingerprint density at radius 1 is 1.29 bits per heavy atom. The zero-order valence-electron chi connectivity index (χ0n) is 12.0.